The normalized spacial score (nSPS) is 15.9. The van der Waals surface area contributed by atoms with Crippen LogP contribution in [0.15, 0.2) is 41.3 Å². The molecule has 0 N–H and O–H groups in total. The number of aryl methyl sites for hydroxylation is 1. The highest BCUT2D eigenvalue weighted by atomic mass is 32.2. The summed E-state index contributed by atoms with van der Waals surface area (Å²) in [6.45, 7) is 1.76. The van der Waals surface area contributed by atoms with E-state index in [1.165, 1.54) is 23.5 Å². The van der Waals surface area contributed by atoms with Crippen LogP contribution in [0.3, 0.4) is 0 Å². The van der Waals surface area contributed by atoms with Crippen LogP contribution in [0.1, 0.15) is 31.3 Å². The Labute approximate surface area is 132 Å². The summed E-state index contributed by atoms with van der Waals surface area (Å²) >= 11 is 1.36. The number of hydrogen-bond donors (Lipinski definition) is 0. The summed E-state index contributed by atoms with van der Waals surface area (Å²) in [5.41, 5.74) is 0.168. The fourth-order valence-electron chi connectivity index (χ4n) is 2.36. The summed E-state index contributed by atoms with van der Waals surface area (Å²) in [5, 5.41) is 0. The summed E-state index contributed by atoms with van der Waals surface area (Å²) in [6.07, 6.45) is -0.0150. The van der Waals surface area contributed by atoms with Crippen LogP contribution in [0.4, 0.5) is 0 Å². The fraction of sp³-hybridized carbons (Fsp3) is 0.200. The Morgan fingerprint density at radius 1 is 1.18 bits per heavy atom. The predicted molar refractivity (Wildman–Crippen MR) is 82.7 cm³/mol. The summed E-state index contributed by atoms with van der Waals surface area (Å²) in [4.78, 5) is 25.9. The minimum Gasteiger partial charge on any atom is -0.293 e. The molecule has 0 radical (unpaired) electrons. The minimum atomic E-state index is -3.83. The fourth-order valence-corrected chi connectivity index (χ4v) is 4.77. The van der Waals surface area contributed by atoms with Gasteiger partial charge < -0.3 is 0 Å². The van der Waals surface area contributed by atoms with Gasteiger partial charge in [-0.3, -0.25) is 9.59 Å². The molecule has 22 heavy (non-hydrogen) atoms. The molecule has 0 bridgehead atoms. The number of fused-ring (bicyclic) bond motifs is 1. The number of carbonyl (C=O) groups excluding carboxylic acids is 2. The Hall–Kier alpha value is -1.99. The lowest BCUT2D eigenvalue weighted by Gasteiger charge is -2.14. The van der Waals surface area contributed by atoms with Crippen LogP contribution in [-0.4, -0.2) is 31.0 Å². The molecular formula is C15H13NO4S2. The second-order valence-corrected chi connectivity index (χ2v) is 8.08. The van der Waals surface area contributed by atoms with Gasteiger partial charge in [0.25, 0.3) is 15.9 Å². The van der Waals surface area contributed by atoms with E-state index in [4.69, 9.17) is 0 Å². The highest BCUT2D eigenvalue weighted by molar-refractivity contribution is 7.90. The number of benzene rings is 1. The molecule has 1 aliphatic heterocycles. The largest absolute Gasteiger partial charge is 0.293 e. The molecule has 3 rings (SSSR count). The van der Waals surface area contributed by atoms with Gasteiger partial charge in [0.1, 0.15) is 4.90 Å². The van der Waals surface area contributed by atoms with Gasteiger partial charge in [0, 0.05) is 17.8 Å². The standard InChI is InChI=1S/C15H13NO4S2/c1-10-6-7-13(21-10)12(17)8-9-16-15(18)11-4-2-3-5-14(11)22(16,19)20/h2-7H,8-9H2,1H3. The molecule has 0 aliphatic carbocycles. The van der Waals surface area contributed by atoms with E-state index in [0.29, 0.717) is 4.88 Å². The molecule has 2 aromatic rings. The first kappa shape index (κ1) is 14.9. The molecule has 1 aromatic heterocycles. The molecule has 0 saturated carbocycles. The monoisotopic (exact) mass is 335 g/mol. The maximum atomic E-state index is 12.3. The third-order valence-corrected chi connectivity index (χ3v) is 6.35. The second kappa shape index (κ2) is 5.33. The number of Topliss-reactive ketones (excluding diaryl/α,β-unsaturated/α-hetero) is 1. The number of thiophene rings is 1. The Kier molecular flexibility index (Phi) is 3.62. The Morgan fingerprint density at radius 3 is 2.55 bits per heavy atom. The molecule has 0 atom stereocenters. The molecule has 114 valence electrons. The van der Waals surface area contributed by atoms with E-state index in [0.717, 1.165) is 9.18 Å². The van der Waals surface area contributed by atoms with Crippen molar-refractivity contribution >= 4 is 33.1 Å². The van der Waals surface area contributed by atoms with Gasteiger partial charge >= 0.3 is 0 Å². The lowest BCUT2D eigenvalue weighted by atomic mass is 10.2. The lowest BCUT2D eigenvalue weighted by Crippen LogP contribution is -2.32. The van der Waals surface area contributed by atoms with Crippen LogP contribution in [0, 0.1) is 6.92 Å². The summed E-state index contributed by atoms with van der Waals surface area (Å²) in [5.74, 6) is -0.720. The molecule has 1 aliphatic rings. The number of carbonyl (C=O) groups is 2. The van der Waals surface area contributed by atoms with E-state index >= 15 is 0 Å². The molecule has 0 fully saturated rings. The second-order valence-electron chi connectivity index (χ2n) is 4.96. The Morgan fingerprint density at radius 2 is 1.91 bits per heavy atom. The zero-order chi connectivity index (χ0) is 15.9. The first-order chi connectivity index (χ1) is 10.4. The number of nitrogens with zero attached hydrogens (tertiary/aromatic N) is 1. The van der Waals surface area contributed by atoms with Crippen LogP contribution < -0.4 is 0 Å². The van der Waals surface area contributed by atoms with Gasteiger partial charge in [-0.25, -0.2) is 12.7 Å². The summed E-state index contributed by atoms with van der Waals surface area (Å²) < 4.78 is 25.5. The van der Waals surface area contributed by atoms with Crippen molar-refractivity contribution in [3.63, 3.8) is 0 Å². The van der Waals surface area contributed by atoms with Crippen molar-refractivity contribution in [2.45, 2.75) is 18.2 Å². The minimum absolute atomic E-state index is 0.0133. The van der Waals surface area contributed by atoms with Crippen molar-refractivity contribution in [3.8, 4) is 0 Å². The highest BCUT2D eigenvalue weighted by Gasteiger charge is 2.40. The van der Waals surface area contributed by atoms with Gasteiger partial charge in [0.05, 0.1) is 10.4 Å². The van der Waals surface area contributed by atoms with Crippen LogP contribution in [-0.2, 0) is 10.0 Å². The number of ketones is 1. The van der Waals surface area contributed by atoms with Crippen LogP contribution in [0.5, 0.6) is 0 Å². The third-order valence-electron chi connectivity index (χ3n) is 3.47. The summed E-state index contributed by atoms with van der Waals surface area (Å²) in [7, 11) is -3.83. The average Bonchev–Trinajstić information content (AvgIpc) is 3.00. The van der Waals surface area contributed by atoms with E-state index in [1.54, 1.807) is 18.2 Å². The van der Waals surface area contributed by atoms with E-state index in [2.05, 4.69) is 0 Å². The number of amides is 1. The number of rotatable bonds is 4. The van der Waals surface area contributed by atoms with Crippen molar-refractivity contribution in [2.24, 2.45) is 0 Å². The molecule has 0 spiro atoms. The van der Waals surface area contributed by atoms with Crippen molar-refractivity contribution in [3.05, 3.63) is 51.7 Å². The van der Waals surface area contributed by atoms with E-state index in [9.17, 15) is 18.0 Å². The van der Waals surface area contributed by atoms with Crippen molar-refractivity contribution in [1.82, 2.24) is 4.31 Å². The zero-order valence-corrected chi connectivity index (χ0v) is 13.4. The van der Waals surface area contributed by atoms with E-state index < -0.39 is 15.9 Å². The van der Waals surface area contributed by atoms with Crippen LogP contribution >= 0.6 is 11.3 Å². The van der Waals surface area contributed by atoms with E-state index in [-0.39, 0.29) is 29.2 Å². The Bertz CT molecular complexity index is 867. The van der Waals surface area contributed by atoms with Gasteiger partial charge in [0.2, 0.25) is 0 Å². The third kappa shape index (κ3) is 2.36. The molecule has 2 heterocycles. The molecule has 5 nitrogen and oxygen atoms in total. The van der Waals surface area contributed by atoms with Crippen molar-refractivity contribution in [1.29, 1.82) is 0 Å². The summed E-state index contributed by atoms with van der Waals surface area (Å²) in [6, 6.07) is 9.65. The molecule has 0 unspecified atom stereocenters. The number of sulfonamides is 1. The maximum absolute atomic E-state index is 12.3. The predicted octanol–water partition coefficient (Wildman–Crippen LogP) is 2.47. The van der Waals surface area contributed by atoms with Crippen LogP contribution in [0.2, 0.25) is 0 Å². The van der Waals surface area contributed by atoms with Gasteiger partial charge in [-0.05, 0) is 31.2 Å². The van der Waals surface area contributed by atoms with Gasteiger partial charge in [-0.2, -0.15) is 0 Å². The highest BCUT2D eigenvalue weighted by Crippen LogP contribution is 2.30. The van der Waals surface area contributed by atoms with Gasteiger partial charge in [0.15, 0.2) is 5.78 Å². The molecular weight excluding hydrogens is 322 g/mol. The average molecular weight is 335 g/mol. The topological polar surface area (TPSA) is 71.5 Å². The molecule has 1 aromatic carbocycles. The van der Waals surface area contributed by atoms with Gasteiger partial charge in [-0.1, -0.05) is 12.1 Å². The molecule has 7 heteroatoms. The molecule has 1 amide bonds. The Balaban J connectivity index is 1.80. The molecule has 0 saturated heterocycles. The smallest absolute Gasteiger partial charge is 0.269 e. The van der Waals surface area contributed by atoms with Gasteiger partial charge in [-0.15, -0.1) is 11.3 Å². The maximum Gasteiger partial charge on any atom is 0.269 e. The first-order valence-corrected chi connectivity index (χ1v) is 8.92. The zero-order valence-electron chi connectivity index (χ0n) is 11.8. The van der Waals surface area contributed by atoms with Crippen molar-refractivity contribution < 1.29 is 18.0 Å². The van der Waals surface area contributed by atoms with E-state index in [1.807, 2.05) is 13.0 Å². The quantitative estimate of drug-likeness (QED) is 0.805. The first-order valence-electron chi connectivity index (χ1n) is 6.67. The lowest BCUT2D eigenvalue weighted by molar-refractivity contribution is 0.0860. The van der Waals surface area contributed by atoms with Crippen LogP contribution in [0.25, 0.3) is 0 Å². The number of hydrogen-bond acceptors (Lipinski definition) is 5. The SMILES string of the molecule is Cc1ccc(C(=O)CCN2C(=O)c3ccccc3S2(=O)=O)s1. The van der Waals surface area contributed by atoms with Crippen molar-refractivity contribution in [2.75, 3.05) is 6.54 Å².